The van der Waals surface area contributed by atoms with Crippen LogP contribution in [0.3, 0.4) is 0 Å². The van der Waals surface area contributed by atoms with Crippen molar-refractivity contribution < 1.29 is 22.3 Å². The van der Waals surface area contributed by atoms with Crippen LogP contribution in [0.15, 0.2) is 108 Å². The van der Waals surface area contributed by atoms with Crippen LogP contribution in [-0.4, -0.2) is 21.4 Å². The lowest BCUT2D eigenvalue weighted by atomic mass is 10.1. The second-order valence-electron chi connectivity index (χ2n) is 7.65. The Labute approximate surface area is 203 Å². The molecular formula is C27H23FN2O4S. The summed E-state index contributed by atoms with van der Waals surface area (Å²) in [6.07, 6.45) is 0. The van der Waals surface area contributed by atoms with Gasteiger partial charge in [-0.2, -0.15) is 0 Å². The number of carbonyl (C=O) groups is 1. The number of benzene rings is 4. The van der Waals surface area contributed by atoms with Crippen molar-refractivity contribution in [1.29, 1.82) is 0 Å². The van der Waals surface area contributed by atoms with E-state index in [0.29, 0.717) is 11.4 Å². The summed E-state index contributed by atoms with van der Waals surface area (Å²) in [6.45, 7) is 0.00996. The third-order valence-corrected chi connectivity index (χ3v) is 7.11. The highest BCUT2D eigenvalue weighted by Crippen LogP contribution is 2.30. The van der Waals surface area contributed by atoms with Crippen LogP contribution in [0.4, 0.5) is 15.8 Å². The third kappa shape index (κ3) is 5.50. The Morgan fingerprint density at radius 3 is 2.14 bits per heavy atom. The summed E-state index contributed by atoms with van der Waals surface area (Å²) < 4.78 is 47.3. The molecule has 0 bridgehead atoms. The number of carbonyl (C=O) groups excluding carboxylic acids is 1. The third-order valence-electron chi connectivity index (χ3n) is 5.34. The number of sulfonamides is 1. The van der Waals surface area contributed by atoms with Gasteiger partial charge in [-0.1, -0.05) is 42.5 Å². The lowest BCUT2D eigenvalue weighted by molar-refractivity contribution is 0.102. The first-order valence-corrected chi connectivity index (χ1v) is 12.2. The number of nitrogens with zero attached hydrogens (tertiary/aromatic N) is 1. The molecule has 1 amide bonds. The van der Waals surface area contributed by atoms with Gasteiger partial charge in [0.15, 0.2) is 0 Å². The van der Waals surface area contributed by atoms with Gasteiger partial charge in [0.1, 0.15) is 11.6 Å². The summed E-state index contributed by atoms with van der Waals surface area (Å²) in [5, 5.41) is 2.71. The number of hydrogen-bond acceptors (Lipinski definition) is 4. The fraction of sp³-hybridized carbons (Fsp3) is 0.0741. The van der Waals surface area contributed by atoms with Crippen LogP contribution in [0.25, 0.3) is 0 Å². The second-order valence-corrected chi connectivity index (χ2v) is 9.51. The van der Waals surface area contributed by atoms with Crippen LogP contribution < -0.4 is 14.4 Å². The largest absolute Gasteiger partial charge is 0.497 e. The summed E-state index contributed by atoms with van der Waals surface area (Å²) in [7, 11) is -2.56. The van der Waals surface area contributed by atoms with E-state index in [1.54, 1.807) is 36.4 Å². The predicted molar refractivity (Wildman–Crippen MR) is 134 cm³/mol. The van der Waals surface area contributed by atoms with Crippen molar-refractivity contribution in [1.82, 2.24) is 0 Å². The molecule has 0 spiro atoms. The molecular weight excluding hydrogens is 467 g/mol. The van der Waals surface area contributed by atoms with Crippen LogP contribution >= 0.6 is 0 Å². The highest BCUT2D eigenvalue weighted by atomic mass is 32.2. The smallest absolute Gasteiger partial charge is 0.264 e. The van der Waals surface area contributed by atoms with E-state index >= 15 is 0 Å². The van der Waals surface area contributed by atoms with Crippen molar-refractivity contribution in [3.05, 3.63) is 120 Å². The van der Waals surface area contributed by atoms with Gasteiger partial charge in [0.05, 0.1) is 29.8 Å². The molecule has 0 radical (unpaired) electrons. The maximum Gasteiger partial charge on any atom is 0.264 e. The van der Waals surface area contributed by atoms with Gasteiger partial charge in [0.25, 0.3) is 15.9 Å². The first-order valence-electron chi connectivity index (χ1n) is 10.7. The fourth-order valence-corrected chi connectivity index (χ4v) is 5.01. The number of ether oxygens (including phenoxy) is 1. The van der Waals surface area contributed by atoms with Crippen molar-refractivity contribution in [2.75, 3.05) is 16.7 Å². The molecule has 0 aliphatic carbocycles. The minimum absolute atomic E-state index is 0.00996. The number of nitrogens with one attached hydrogen (secondary N) is 1. The van der Waals surface area contributed by atoms with Gasteiger partial charge in [-0.15, -0.1) is 0 Å². The van der Waals surface area contributed by atoms with E-state index in [9.17, 15) is 17.6 Å². The van der Waals surface area contributed by atoms with E-state index in [-0.39, 0.29) is 22.7 Å². The predicted octanol–water partition coefficient (Wildman–Crippen LogP) is 5.48. The lowest BCUT2D eigenvalue weighted by Gasteiger charge is -2.26. The van der Waals surface area contributed by atoms with Gasteiger partial charge in [-0.05, 0) is 66.2 Å². The van der Waals surface area contributed by atoms with E-state index in [4.69, 9.17) is 4.74 Å². The van der Waals surface area contributed by atoms with Crippen molar-refractivity contribution in [2.24, 2.45) is 0 Å². The Morgan fingerprint density at radius 2 is 1.49 bits per heavy atom. The van der Waals surface area contributed by atoms with Gasteiger partial charge in [0, 0.05) is 5.69 Å². The standard InChI is InChI=1S/C27H23FN2O4S/c1-34-23-15-17-24(18-16-23)35(32,33)30(19-20-7-3-2-4-8-20)26-10-6-5-9-25(26)27(31)29-22-13-11-21(28)12-14-22/h2-18H,19H2,1H3,(H,29,31). The van der Waals surface area contributed by atoms with Gasteiger partial charge in [-0.25, -0.2) is 12.8 Å². The number of para-hydroxylation sites is 1. The van der Waals surface area contributed by atoms with Crippen molar-refractivity contribution in [2.45, 2.75) is 11.4 Å². The zero-order chi connectivity index (χ0) is 24.8. The Morgan fingerprint density at radius 1 is 0.857 bits per heavy atom. The van der Waals surface area contributed by atoms with Crippen molar-refractivity contribution in [3.8, 4) is 5.75 Å². The van der Waals surface area contributed by atoms with Crippen molar-refractivity contribution >= 4 is 27.3 Å². The number of rotatable bonds is 8. The Hall–Kier alpha value is -4.17. The van der Waals surface area contributed by atoms with Crippen LogP contribution in [0.1, 0.15) is 15.9 Å². The van der Waals surface area contributed by atoms with E-state index in [1.165, 1.54) is 47.8 Å². The molecule has 178 valence electrons. The summed E-state index contributed by atoms with van der Waals surface area (Å²) in [5.74, 6) is -0.421. The second kappa shape index (κ2) is 10.4. The summed E-state index contributed by atoms with van der Waals surface area (Å²) in [5.41, 5.74) is 1.51. The fourth-order valence-electron chi connectivity index (χ4n) is 3.54. The molecule has 4 rings (SSSR count). The zero-order valence-corrected chi connectivity index (χ0v) is 19.7. The van der Waals surface area contributed by atoms with Crippen LogP contribution in [0.2, 0.25) is 0 Å². The van der Waals surface area contributed by atoms with Crippen LogP contribution in [-0.2, 0) is 16.6 Å². The molecule has 0 aromatic heterocycles. The number of halogens is 1. The molecule has 6 nitrogen and oxygen atoms in total. The summed E-state index contributed by atoms with van der Waals surface area (Å²) >= 11 is 0. The quantitative estimate of drug-likeness (QED) is 0.355. The number of methoxy groups -OCH3 is 1. The van der Waals surface area contributed by atoms with E-state index in [1.807, 2.05) is 30.3 Å². The maximum atomic E-state index is 13.8. The first kappa shape index (κ1) is 24.0. The Balaban J connectivity index is 1.77. The maximum absolute atomic E-state index is 13.8. The van der Waals surface area contributed by atoms with E-state index in [2.05, 4.69) is 5.32 Å². The molecule has 0 saturated heterocycles. The van der Waals surface area contributed by atoms with Gasteiger partial charge in [0.2, 0.25) is 0 Å². The number of hydrogen-bond donors (Lipinski definition) is 1. The van der Waals surface area contributed by atoms with Crippen LogP contribution in [0.5, 0.6) is 5.75 Å². The number of anilines is 2. The SMILES string of the molecule is COc1ccc(S(=O)(=O)N(Cc2ccccc2)c2ccccc2C(=O)Nc2ccc(F)cc2)cc1. The molecule has 0 unspecified atom stereocenters. The zero-order valence-electron chi connectivity index (χ0n) is 18.9. The molecule has 4 aromatic rings. The molecule has 0 aliphatic heterocycles. The van der Waals surface area contributed by atoms with Crippen LogP contribution in [0, 0.1) is 5.82 Å². The molecule has 4 aromatic carbocycles. The topological polar surface area (TPSA) is 75.7 Å². The molecule has 0 saturated carbocycles. The number of amides is 1. The van der Waals surface area contributed by atoms with Gasteiger partial charge >= 0.3 is 0 Å². The monoisotopic (exact) mass is 490 g/mol. The van der Waals surface area contributed by atoms with Crippen molar-refractivity contribution in [3.63, 3.8) is 0 Å². The summed E-state index contributed by atoms with van der Waals surface area (Å²) in [6, 6.07) is 27.0. The van der Waals surface area contributed by atoms with Gasteiger partial charge in [-0.3, -0.25) is 9.10 Å². The molecule has 0 heterocycles. The minimum atomic E-state index is -4.06. The average molecular weight is 491 g/mol. The molecule has 35 heavy (non-hydrogen) atoms. The average Bonchev–Trinajstić information content (AvgIpc) is 2.89. The van der Waals surface area contributed by atoms with E-state index < -0.39 is 21.7 Å². The Kier molecular flexibility index (Phi) is 7.12. The molecule has 0 atom stereocenters. The van der Waals surface area contributed by atoms with Gasteiger partial charge < -0.3 is 10.1 Å². The first-order chi connectivity index (χ1) is 16.9. The van der Waals surface area contributed by atoms with E-state index in [0.717, 1.165) is 5.56 Å². The molecule has 1 N–H and O–H groups in total. The summed E-state index contributed by atoms with van der Waals surface area (Å²) in [4.78, 5) is 13.2. The molecule has 0 aliphatic rings. The normalized spacial score (nSPS) is 11.0. The lowest BCUT2D eigenvalue weighted by Crippen LogP contribution is -2.32. The highest BCUT2D eigenvalue weighted by Gasteiger charge is 2.28. The minimum Gasteiger partial charge on any atom is -0.497 e. The highest BCUT2D eigenvalue weighted by molar-refractivity contribution is 7.92. The Bertz CT molecular complexity index is 1410. The molecule has 8 heteroatoms. The molecule has 0 fully saturated rings.